The molecule has 0 saturated heterocycles. The summed E-state index contributed by atoms with van der Waals surface area (Å²) in [4.78, 5) is 3.07. The number of aromatic amines is 1. The molecule has 0 fully saturated rings. The second kappa shape index (κ2) is 3.91. The highest BCUT2D eigenvalue weighted by Gasteiger charge is 2.03. The Morgan fingerprint density at radius 3 is 3.13 bits per heavy atom. The van der Waals surface area contributed by atoms with Crippen LogP contribution in [0, 0.1) is 0 Å². The van der Waals surface area contributed by atoms with E-state index >= 15 is 0 Å². The van der Waals surface area contributed by atoms with Crippen LogP contribution in [0.1, 0.15) is 0 Å². The lowest BCUT2D eigenvalue weighted by Gasteiger charge is -2.05. The molecule has 0 unspecified atom stereocenters. The van der Waals surface area contributed by atoms with Crippen LogP contribution in [0.25, 0.3) is 10.9 Å². The Labute approximate surface area is 86.1 Å². The molecule has 0 aliphatic rings. The number of fused-ring (bicyclic) bond motifs is 1. The molecular formula is C10H11N3O2. The van der Waals surface area contributed by atoms with Crippen molar-refractivity contribution in [2.45, 2.75) is 0 Å². The molecule has 1 heterocycles. The monoisotopic (exact) mass is 205 g/mol. The minimum atomic E-state index is 0.0440. The van der Waals surface area contributed by atoms with E-state index in [2.05, 4.69) is 10.1 Å². The number of rotatable bonds is 3. The minimum Gasteiger partial charge on any atom is -0.485 e. The molecular weight excluding hydrogens is 194 g/mol. The van der Waals surface area contributed by atoms with Crippen molar-refractivity contribution in [3.05, 3.63) is 30.5 Å². The van der Waals surface area contributed by atoms with Gasteiger partial charge < -0.3 is 20.7 Å². The van der Waals surface area contributed by atoms with Crippen LogP contribution >= 0.6 is 0 Å². The van der Waals surface area contributed by atoms with E-state index in [1.807, 2.05) is 30.5 Å². The van der Waals surface area contributed by atoms with Crippen LogP contribution in [0.15, 0.2) is 35.6 Å². The number of hydrogen-bond donors (Lipinski definition) is 3. The Kier molecular flexibility index (Phi) is 2.45. The minimum absolute atomic E-state index is 0.0440. The quantitative estimate of drug-likeness (QED) is 0.305. The zero-order valence-electron chi connectivity index (χ0n) is 7.97. The molecule has 0 amide bonds. The SMILES string of the molecule is N/C(COc1cccc2[nH]ccc12)=N/O. The first-order valence-electron chi connectivity index (χ1n) is 4.46. The van der Waals surface area contributed by atoms with E-state index in [1.165, 1.54) is 0 Å². The molecule has 5 nitrogen and oxygen atoms in total. The van der Waals surface area contributed by atoms with Gasteiger partial charge in [-0.15, -0.1) is 0 Å². The van der Waals surface area contributed by atoms with Crippen LogP contribution in [0.5, 0.6) is 5.75 Å². The van der Waals surface area contributed by atoms with Crippen molar-refractivity contribution in [2.24, 2.45) is 10.9 Å². The Balaban J connectivity index is 2.24. The average Bonchev–Trinajstić information content (AvgIpc) is 2.74. The molecule has 2 rings (SSSR count). The molecule has 4 N–H and O–H groups in total. The lowest BCUT2D eigenvalue weighted by Crippen LogP contribution is -2.20. The van der Waals surface area contributed by atoms with Gasteiger partial charge in [-0.1, -0.05) is 11.2 Å². The van der Waals surface area contributed by atoms with Crippen molar-refractivity contribution in [3.8, 4) is 5.75 Å². The van der Waals surface area contributed by atoms with Crippen molar-refractivity contribution in [3.63, 3.8) is 0 Å². The fourth-order valence-corrected chi connectivity index (χ4v) is 1.36. The van der Waals surface area contributed by atoms with E-state index in [0.717, 1.165) is 10.9 Å². The van der Waals surface area contributed by atoms with Crippen LogP contribution in [0.3, 0.4) is 0 Å². The summed E-state index contributed by atoms with van der Waals surface area (Å²) < 4.78 is 5.39. The van der Waals surface area contributed by atoms with E-state index in [9.17, 15) is 0 Å². The fourth-order valence-electron chi connectivity index (χ4n) is 1.36. The third kappa shape index (κ3) is 1.85. The largest absolute Gasteiger partial charge is 0.485 e. The zero-order valence-corrected chi connectivity index (χ0v) is 7.97. The van der Waals surface area contributed by atoms with Gasteiger partial charge in [-0.05, 0) is 18.2 Å². The molecule has 0 bridgehead atoms. The third-order valence-corrected chi connectivity index (χ3v) is 2.06. The van der Waals surface area contributed by atoms with Gasteiger partial charge in [0.15, 0.2) is 5.84 Å². The van der Waals surface area contributed by atoms with E-state index < -0.39 is 0 Å². The van der Waals surface area contributed by atoms with Gasteiger partial charge >= 0.3 is 0 Å². The van der Waals surface area contributed by atoms with Crippen LogP contribution < -0.4 is 10.5 Å². The van der Waals surface area contributed by atoms with Crippen LogP contribution in [-0.2, 0) is 0 Å². The summed E-state index contributed by atoms with van der Waals surface area (Å²) in [5, 5.41) is 12.2. The summed E-state index contributed by atoms with van der Waals surface area (Å²) in [6.07, 6.45) is 1.83. The Morgan fingerprint density at radius 2 is 2.33 bits per heavy atom. The number of nitrogens with two attached hydrogens (primary N) is 1. The summed E-state index contributed by atoms with van der Waals surface area (Å²) in [5.41, 5.74) is 6.30. The fraction of sp³-hybridized carbons (Fsp3) is 0.100. The third-order valence-electron chi connectivity index (χ3n) is 2.06. The number of amidine groups is 1. The number of oxime groups is 1. The summed E-state index contributed by atoms with van der Waals surface area (Å²) in [7, 11) is 0. The molecule has 1 aromatic heterocycles. The summed E-state index contributed by atoms with van der Waals surface area (Å²) in [6, 6.07) is 7.57. The molecule has 0 aliphatic heterocycles. The Hall–Kier alpha value is -2.17. The molecule has 2 aromatic rings. The molecule has 78 valence electrons. The first-order valence-corrected chi connectivity index (χ1v) is 4.46. The smallest absolute Gasteiger partial charge is 0.177 e. The van der Waals surface area contributed by atoms with Crippen molar-refractivity contribution in [1.29, 1.82) is 0 Å². The van der Waals surface area contributed by atoms with Crippen LogP contribution in [0.2, 0.25) is 0 Å². The highest BCUT2D eigenvalue weighted by molar-refractivity contribution is 5.86. The lowest BCUT2D eigenvalue weighted by molar-refractivity contribution is 0.307. The first kappa shape index (κ1) is 9.39. The van der Waals surface area contributed by atoms with E-state index in [4.69, 9.17) is 15.7 Å². The number of nitrogens with zero attached hydrogens (tertiary/aromatic N) is 1. The summed E-state index contributed by atoms with van der Waals surface area (Å²) in [6.45, 7) is 0.0702. The standard InChI is InChI=1S/C10H11N3O2/c11-10(13-14)6-15-9-3-1-2-8-7(9)4-5-12-8/h1-5,12,14H,6H2,(H2,11,13). The lowest BCUT2D eigenvalue weighted by atomic mass is 10.2. The topological polar surface area (TPSA) is 83.6 Å². The summed E-state index contributed by atoms with van der Waals surface area (Å²) >= 11 is 0. The number of nitrogens with one attached hydrogen (secondary N) is 1. The van der Waals surface area contributed by atoms with Crippen molar-refractivity contribution >= 4 is 16.7 Å². The number of aromatic nitrogens is 1. The number of ether oxygens (including phenoxy) is 1. The van der Waals surface area contributed by atoms with Gasteiger partial charge in [-0.25, -0.2) is 0 Å². The molecule has 1 aromatic carbocycles. The maximum atomic E-state index is 8.36. The van der Waals surface area contributed by atoms with Crippen LogP contribution in [0.4, 0.5) is 0 Å². The predicted octanol–water partition coefficient (Wildman–Crippen LogP) is 1.29. The maximum absolute atomic E-state index is 8.36. The zero-order chi connectivity index (χ0) is 10.7. The average molecular weight is 205 g/mol. The number of hydrogen-bond acceptors (Lipinski definition) is 3. The molecule has 0 atom stereocenters. The molecule has 0 radical (unpaired) electrons. The van der Waals surface area contributed by atoms with E-state index in [-0.39, 0.29) is 12.4 Å². The molecule has 0 aliphatic carbocycles. The number of H-pyrrole nitrogens is 1. The Morgan fingerprint density at radius 1 is 1.47 bits per heavy atom. The molecule has 15 heavy (non-hydrogen) atoms. The van der Waals surface area contributed by atoms with Crippen LogP contribution in [-0.4, -0.2) is 22.6 Å². The van der Waals surface area contributed by atoms with Gasteiger partial charge in [0.2, 0.25) is 0 Å². The molecule has 5 heteroatoms. The van der Waals surface area contributed by atoms with Crippen molar-refractivity contribution in [2.75, 3.05) is 6.61 Å². The molecule has 0 saturated carbocycles. The predicted molar refractivity (Wildman–Crippen MR) is 57.2 cm³/mol. The van der Waals surface area contributed by atoms with Gasteiger partial charge in [0.25, 0.3) is 0 Å². The molecule has 0 spiro atoms. The van der Waals surface area contributed by atoms with Crippen molar-refractivity contribution < 1.29 is 9.94 Å². The van der Waals surface area contributed by atoms with Gasteiger partial charge in [0, 0.05) is 17.1 Å². The van der Waals surface area contributed by atoms with E-state index in [1.54, 1.807) is 0 Å². The van der Waals surface area contributed by atoms with Gasteiger partial charge in [-0.2, -0.15) is 0 Å². The van der Waals surface area contributed by atoms with Gasteiger partial charge in [0.05, 0.1) is 0 Å². The second-order valence-electron chi connectivity index (χ2n) is 3.08. The summed E-state index contributed by atoms with van der Waals surface area (Å²) in [5.74, 6) is 0.753. The number of benzene rings is 1. The van der Waals surface area contributed by atoms with Gasteiger partial charge in [-0.3, -0.25) is 0 Å². The van der Waals surface area contributed by atoms with Gasteiger partial charge in [0.1, 0.15) is 12.4 Å². The van der Waals surface area contributed by atoms with Crippen molar-refractivity contribution in [1.82, 2.24) is 4.98 Å². The highest BCUT2D eigenvalue weighted by atomic mass is 16.5. The first-order chi connectivity index (χ1) is 7.31. The van der Waals surface area contributed by atoms with E-state index in [0.29, 0.717) is 5.75 Å². The highest BCUT2D eigenvalue weighted by Crippen LogP contribution is 2.24. The normalized spacial score (nSPS) is 11.9. The second-order valence-corrected chi connectivity index (χ2v) is 3.08. The maximum Gasteiger partial charge on any atom is 0.177 e. The Bertz CT molecular complexity index is 490.